The van der Waals surface area contributed by atoms with Gasteiger partial charge in [0.05, 0.1) is 37.6 Å². The third kappa shape index (κ3) is 17.9. The molecule has 5 rings (SSSR count). The summed E-state index contributed by atoms with van der Waals surface area (Å²) >= 11 is 0. The first-order valence-electron chi connectivity index (χ1n) is 29.0. The van der Waals surface area contributed by atoms with Crippen molar-refractivity contribution in [1.29, 1.82) is 0 Å². The van der Waals surface area contributed by atoms with Crippen LogP contribution in [0, 0.1) is 40.9 Å². The molecule has 0 aromatic heterocycles. The molecule has 15 atom stereocenters. The normalized spacial score (nSPS) is 38.0. The Morgan fingerprint density at radius 2 is 1.53 bits per heavy atom. The predicted octanol–water partition coefficient (Wildman–Crippen LogP) is 8.73. The number of hydrogen-bond donors (Lipinski definition) is 2. The number of Topliss-reactive ketones (excluding diaryl/α,β-unsaturated/α-hetero) is 3. The molecule has 1 saturated carbocycles. The van der Waals surface area contributed by atoms with Gasteiger partial charge in [-0.1, -0.05) is 71.1 Å². The zero-order chi connectivity index (χ0) is 58.8. The molecule has 4 heterocycles. The number of esters is 2. The number of nitrogens with zero attached hydrogens (tertiary/aromatic N) is 1. The van der Waals surface area contributed by atoms with Crippen LogP contribution in [0.5, 0.6) is 0 Å². The van der Waals surface area contributed by atoms with E-state index in [0.29, 0.717) is 63.4 Å². The maximum absolute atomic E-state index is 14.7. The Morgan fingerprint density at radius 1 is 0.848 bits per heavy atom. The van der Waals surface area contributed by atoms with Crippen molar-refractivity contribution >= 4 is 43.5 Å². The molecule has 2 bridgehead atoms. The Morgan fingerprint density at radius 3 is 2.16 bits per heavy atom. The second-order valence-electron chi connectivity index (χ2n) is 25.5. The first-order valence-corrected chi connectivity index (χ1v) is 32.5. The third-order valence-electron chi connectivity index (χ3n) is 16.9. The van der Waals surface area contributed by atoms with Gasteiger partial charge in [0.25, 0.3) is 11.7 Å². The van der Waals surface area contributed by atoms with Gasteiger partial charge >= 0.3 is 11.9 Å². The van der Waals surface area contributed by atoms with Crippen LogP contribution < -0.4 is 0 Å². The molecular weight excluding hydrogens is 1030 g/mol. The number of methoxy groups -OCH3 is 2. The van der Waals surface area contributed by atoms with Gasteiger partial charge < -0.3 is 52.7 Å². The molecule has 18 heteroatoms. The molecule has 79 heavy (non-hydrogen) atoms. The fourth-order valence-electron chi connectivity index (χ4n) is 11.7. The minimum atomic E-state index is -2.46. The SMILES string of the molecule is CO[C@H]1C[C@@H]2CC[C@@H](C)[C@@](O)(O2)C(=O)C(=O)N2CCCC[C@H]2C(=O)O[C@H]([C@H](C)C[C@@H]2CC[C@@H](OC(=O)C3(C)COC(C)(C)OC3)[C@H](O)C2)CC(=O)[C@H](C)/C=C(\C)[C@H](O[Si](C)(C)C)[C@@H](OC)C(=O)[C@H](C)C[C@H](C)/C=C/C=C/C=C/1C. The molecule has 0 radical (unpaired) electrons. The molecule has 4 fully saturated rings. The number of rotatable bonds is 9. The topological polar surface area (TPSA) is 220 Å². The summed E-state index contributed by atoms with van der Waals surface area (Å²) in [6, 6.07) is -1.19. The van der Waals surface area contributed by atoms with Gasteiger partial charge in [0, 0.05) is 51.4 Å². The smallest absolute Gasteiger partial charge is 0.329 e. The molecule has 0 unspecified atom stereocenters. The van der Waals surface area contributed by atoms with E-state index in [2.05, 4.69) is 0 Å². The van der Waals surface area contributed by atoms with Crippen LogP contribution in [-0.4, -0.2) is 153 Å². The Labute approximate surface area is 472 Å². The summed E-state index contributed by atoms with van der Waals surface area (Å²) in [5, 5.41) is 23.5. The number of carbonyl (C=O) groups is 6. The van der Waals surface area contributed by atoms with E-state index >= 15 is 0 Å². The fourth-order valence-corrected chi connectivity index (χ4v) is 12.7. The van der Waals surface area contributed by atoms with Crippen LogP contribution in [0.2, 0.25) is 19.6 Å². The van der Waals surface area contributed by atoms with Crippen LogP contribution in [0.15, 0.2) is 47.6 Å². The van der Waals surface area contributed by atoms with Crippen molar-refractivity contribution in [2.75, 3.05) is 34.0 Å². The summed E-state index contributed by atoms with van der Waals surface area (Å²) in [4.78, 5) is 87.2. The second kappa shape index (κ2) is 28.5. The lowest BCUT2D eigenvalue weighted by Gasteiger charge is -2.42. The number of piperidine rings is 1. The Bertz CT molecular complexity index is 2240. The van der Waals surface area contributed by atoms with Gasteiger partial charge in [0.1, 0.15) is 35.6 Å². The summed E-state index contributed by atoms with van der Waals surface area (Å²) in [7, 11) is 0.746. The van der Waals surface area contributed by atoms with Crippen molar-refractivity contribution in [2.45, 2.75) is 226 Å². The fraction of sp³-hybridized carbons (Fsp3) is 0.770. The zero-order valence-corrected chi connectivity index (χ0v) is 51.2. The van der Waals surface area contributed by atoms with Gasteiger partial charge in [-0.25, -0.2) is 4.79 Å². The molecule has 446 valence electrons. The Balaban J connectivity index is 1.47. The molecule has 3 saturated heterocycles. The standard InChI is InChI=1S/C61H97NO16Si/c1-37-21-17-16-18-22-38(2)50(71-11)33-45-26-24-43(7)61(70,77-45)55(66)56(67)62-28-20-19-23-46(62)57(68)75-51(34-47(63)39(3)30-42(6)53(78-79(13,14)15)54(72-12)52(65)41(5)29-37)40(4)31-44-25-27-49(48(64)32-44)76-58(69)60(10)35-73-59(8,9)74-36-60/h16-18,21-22,30,37,39-41,43-46,48-51,53-54,64,70H,19-20,23-29,31-36H2,1-15H3/b18-16+,21-17+,38-22+,42-30+/t37-,39-,40-,41-,43-,44+,45+,46+,48-,49-,50+,51+,53+,54+,61-/m1/s1. The van der Waals surface area contributed by atoms with Gasteiger partial charge in [0.15, 0.2) is 19.9 Å². The number of carbonyl (C=O) groups excluding carboxylic acids is 6. The van der Waals surface area contributed by atoms with Crippen molar-refractivity contribution in [2.24, 2.45) is 40.9 Å². The van der Waals surface area contributed by atoms with Gasteiger partial charge in [-0.05, 0) is 147 Å². The van der Waals surface area contributed by atoms with Crippen molar-refractivity contribution in [3.63, 3.8) is 0 Å². The van der Waals surface area contributed by atoms with E-state index in [-0.39, 0.29) is 62.4 Å². The number of allylic oxidation sites excluding steroid dienone is 6. The van der Waals surface area contributed by atoms with Crippen molar-refractivity contribution < 1.29 is 76.6 Å². The van der Waals surface area contributed by atoms with E-state index in [1.54, 1.807) is 47.8 Å². The maximum Gasteiger partial charge on any atom is 0.329 e. The molecule has 0 aromatic carbocycles. The lowest BCUT2D eigenvalue weighted by atomic mass is 9.78. The molecule has 1 aliphatic carbocycles. The first kappa shape index (κ1) is 66.1. The first-order chi connectivity index (χ1) is 36.9. The maximum atomic E-state index is 14.7. The summed E-state index contributed by atoms with van der Waals surface area (Å²) in [5.41, 5.74) is 0.486. The Hall–Kier alpha value is -3.72. The highest BCUT2D eigenvalue weighted by molar-refractivity contribution is 6.69. The monoisotopic (exact) mass is 1130 g/mol. The highest BCUT2D eigenvalue weighted by atomic mass is 28.4. The second-order valence-corrected chi connectivity index (χ2v) is 30.0. The quantitative estimate of drug-likeness (QED) is 0.0954. The van der Waals surface area contributed by atoms with Gasteiger partial charge in [0.2, 0.25) is 5.79 Å². The number of ketones is 3. The minimum absolute atomic E-state index is 0.0309. The molecule has 17 nitrogen and oxygen atoms in total. The number of cyclic esters (lactones) is 1. The average Bonchev–Trinajstić information content (AvgIpc) is 3.39. The summed E-state index contributed by atoms with van der Waals surface area (Å²) in [6.45, 7) is 24.7. The van der Waals surface area contributed by atoms with Crippen LogP contribution in [0.1, 0.15) is 146 Å². The molecule has 0 aromatic rings. The Kier molecular flexibility index (Phi) is 23.8. The van der Waals surface area contributed by atoms with E-state index < -0.39 is 121 Å². The molecule has 1 amide bonds. The predicted molar refractivity (Wildman–Crippen MR) is 301 cm³/mol. The lowest BCUT2D eigenvalue weighted by Crippen LogP contribution is -2.61. The average molecular weight is 1130 g/mol. The molecule has 5 aliphatic rings. The number of aliphatic hydroxyl groups is 2. The van der Waals surface area contributed by atoms with Crippen LogP contribution in [0.4, 0.5) is 0 Å². The summed E-state index contributed by atoms with van der Waals surface area (Å²) < 4.78 is 48.6. The van der Waals surface area contributed by atoms with Gasteiger partial charge in [-0.3, -0.25) is 24.0 Å². The summed E-state index contributed by atoms with van der Waals surface area (Å²) in [5.74, 6) is -9.53. The van der Waals surface area contributed by atoms with Crippen LogP contribution >= 0.6 is 0 Å². The van der Waals surface area contributed by atoms with Crippen molar-refractivity contribution in [3.8, 4) is 0 Å². The highest BCUT2D eigenvalue weighted by Gasteiger charge is 2.53. The number of aliphatic hydroxyl groups excluding tert-OH is 1. The molecular formula is C61H97NO16Si. The van der Waals surface area contributed by atoms with E-state index in [1.807, 2.05) is 84.6 Å². The van der Waals surface area contributed by atoms with E-state index in [9.17, 15) is 39.0 Å². The van der Waals surface area contributed by atoms with E-state index in [0.717, 1.165) is 5.57 Å². The van der Waals surface area contributed by atoms with Crippen molar-refractivity contribution in [3.05, 3.63) is 47.6 Å². The number of fused-ring (bicyclic) bond motifs is 3. The van der Waals surface area contributed by atoms with Gasteiger partial charge in [-0.15, -0.1) is 0 Å². The summed E-state index contributed by atoms with van der Waals surface area (Å²) in [6.07, 6.45) is 10.4. The van der Waals surface area contributed by atoms with Crippen molar-refractivity contribution in [1.82, 2.24) is 4.90 Å². The third-order valence-corrected chi connectivity index (χ3v) is 17.8. The molecule has 2 N–H and O–H groups in total. The van der Waals surface area contributed by atoms with E-state index in [1.165, 1.54) is 12.0 Å². The molecule has 0 spiro atoms. The number of amides is 1. The zero-order valence-electron chi connectivity index (χ0n) is 50.2. The molecule has 4 aliphatic heterocycles. The lowest BCUT2D eigenvalue weighted by molar-refractivity contribution is -0.283. The van der Waals surface area contributed by atoms with Crippen LogP contribution in [-0.2, 0) is 66.4 Å². The van der Waals surface area contributed by atoms with Gasteiger partial charge in [-0.2, -0.15) is 0 Å². The van der Waals surface area contributed by atoms with Crippen LogP contribution in [0.25, 0.3) is 0 Å². The minimum Gasteiger partial charge on any atom is -0.460 e. The largest absolute Gasteiger partial charge is 0.460 e. The van der Waals surface area contributed by atoms with Crippen LogP contribution in [0.3, 0.4) is 0 Å². The number of hydrogen-bond acceptors (Lipinski definition) is 16. The highest BCUT2D eigenvalue weighted by Crippen LogP contribution is 2.39. The number of ether oxygens (including phenoxy) is 7. The van der Waals surface area contributed by atoms with E-state index in [4.69, 9.17) is 37.6 Å².